The number of urea groups is 1. The second-order valence-corrected chi connectivity index (χ2v) is 6.80. The molecule has 0 saturated heterocycles. The second-order valence-electron chi connectivity index (χ2n) is 6.80. The van der Waals surface area contributed by atoms with E-state index in [0.717, 1.165) is 11.1 Å². The Bertz CT molecular complexity index is 1290. The number of H-pyrrole nitrogens is 1. The quantitative estimate of drug-likeness (QED) is 0.312. The smallest absolute Gasteiger partial charge is 0.315 e. The van der Waals surface area contributed by atoms with Gasteiger partial charge >= 0.3 is 6.03 Å². The van der Waals surface area contributed by atoms with Crippen LogP contribution in [-0.2, 0) is 24.4 Å². The van der Waals surface area contributed by atoms with Crippen molar-refractivity contribution in [2.45, 2.75) is 19.6 Å². The van der Waals surface area contributed by atoms with Crippen LogP contribution in [0.2, 0.25) is 0 Å². The van der Waals surface area contributed by atoms with Gasteiger partial charge in [0.05, 0.1) is 18.5 Å². The molecule has 0 spiro atoms. The van der Waals surface area contributed by atoms with E-state index in [1.807, 2.05) is 60.7 Å². The molecule has 0 atom stereocenters. The van der Waals surface area contributed by atoms with Crippen molar-refractivity contribution in [1.82, 2.24) is 25.6 Å². The molecule has 2 amide bonds. The summed E-state index contributed by atoms with van der Waals surface area (Å²) < 4.78 is 0. The lowest BCUT2D eigenvalue weighted by Gasteiger charge is -2.07. The summed E-state index contributed by atoms with van der Waals surface area (Å²) in [4.78, 5) is 47.7. The van der Waals surface area contributed by atoms with Crippen LogP contribution in [0.4, 0.5) is 4.79 Å². The monoisotopic (exact) mass is 442 g/mol. The summed E-state index contributed by atoms with van der Waals surface area (Å²) in [7, 11) is 0. The molecule has 0 saturated carbocycles. The van der Waals surface area contributed by atoms with Crippen molar-refractivity contribution in [3.63, 3.8) is 0 Å². The molecule has 0 aliphatic heterocycles. The number of isocyanates is 1. The summed E-state index contributed by atoms with van der Waals surface area (Å²) in [5.41, 5.74) is 2.12. The highest BCUT2D eigenvalue weighted by Crippen LogP contribution is 2.02. The molecule has 3 N–H and O–H groups in total. The molecule has 0 aliphatic carbocycles. The van der Waals surface area contributed by atoms with Gasteiger partial charge in [0.1, 0.15) is 5.82 Å². The standard InChI is InChI=1S/C16H15N5O2.C8H7NO/c22-15-12-7-4-8-17-14(12)20-13(21-15)10-19-16(23)18-9-11-5-2-1-3-6-11;10-7-9-6-8-4-2-1-3-5-8/h1-8H,9-10H2,(H2,18,19,23)(H,17,20,21,22);1-5H,6H2. The van der Waals surface area contributed by atoms with Gasteiger partial charge in [0.2, 0.25) is 6.08 Å². The van der Waals surface area contributed by atoms with Crippen LogP contribution in [0.5, 0.6) is 0 Å². The number of pyridine rings is 1. The molecule has 0 radical (unpaired) electrons. The van der Waals surface area contributed by atoms with E-state index in [4.69, 9.17) is 0 Å². The van der Waals surface area contributed by atoms with Gasteiger partial charge in [-0.15, -0.1) is 0 Å². The maximum absolute atomic E-state index is 11.9. The number of amides is 2. The first kappa shape index (κ1) is 23.1. The Labute approximate surface area is 189 Å². The molecule has 166 valence electrons. The van der Waals surface area contributed by atoms with Gasteiger partial charge in [-0.1, -0.05) is 60.7 Å². The second kappa shape index (κ2) is 12.3. The van der Waals surface area contributed by atoms with Crippen LogP contribution >= 0.6 is 0 Å². The molecule has 0 unspecified atom stereocenters. The van der Waals surface area contributed by atoms with Gasteiger partial charge in [0.25, 0.3) is 5.56 Å². The number of aromatic amines is 1. The third-order valence-corrected chi connectivity index (χ3v) is 4.41. The number of nitrogens with one attached hydrogen (secondary N) is 3. The zero-order chi connectivity index (χ0) is 23.3. The summed E-state index contributed by atoms with van der Waals surface area (Å²) in [6.45, 7) is 0.975. The van der Waals surface area contributed by atoms with Gasteiger partial charge < -0.3 is 15.6 Å². The molecular weight excluding hydrogens is 420 g/mol. The maximum Gasteiger partial charge on any atom is 0.315 e. The highest BCUT2D eigenvalue weighted by molar-refractivity contribution is 5.74. The van der Waals surface area contributed by atoms with Gasteiger partial charge in [0.15, 0.2) is 5.65 Å². The number of fused-ring (bicyclic) bond motifs is 1. The van der Waals surface area contributed by atoms with Crippen LogP contribution in [0.3, 0.4) is 0 Å². The highest BCUT2D eigenvalue weighted by atomic mass is 16.2. The summed E-state index contributed by atoms with van der Waals surface area (Å²) in [6, 6.07) is 22.2. The van der Waals surface area contributed by atoms with Crippen molar-refractivity contribution in [1.29, 1.82) is 0 Å². The van der Waals surface area contributed by atoms with Gasteiger partial charge in [-0.05, 0) is 23.3 Å². The van der Waals surface area contributed by atoms with E-state index in [9.17, 15) is 14.4 Å². The van der Waals surface area contributed by atoms with Crippen LogP contribution in [-0.4, -0.2) is 27.1 Å². The lowest BCUT2D eigenvalue weighted by atomic mass is 10.2. The van der Waals surface area contributed by atoms with Crippen LogP contribution in [0.1, 0.15) is 17.0 Å². The predicted octanol–water partition coefficient (Wildman–Crippen LogP) is 2.84. The molecular formula is C24H22N6O3. The number of carbonyl (C=O) groups excluding carboxylic acids is 2. The first-order chi connectivity index (χ1) is 16.2. The van der Waals surface area contributed by atoms with Crippen molar-refractivity contribution in [3.05, 3.63) is 106 Å². The molecule has 2 aromatic heterocycles. The lowest BCUT2D eigenvalue weighted by molar-refractivity contribution is 0.240. The molecule has 0 fully saturated rings. The Morgan fingerprint density at radius 2 is 1.58 bits per heavy atom. The summed E-state index contributed by atoms with van der Waals surface area (Å²) in [5, 5.41) is 5.81. The van der Waals surface area contributed by atoms with Crippen LogP contribution in [0.15, 0.2) is 88.8 Å². The zero-order valence-corrected chi connectivity index (χ0v) is 17.7. The first-order valence-electron chi connectivity index (χ1n) is 10.1. The molecule has 4 rings (SSSR count). The lowest BCUT2D eigenvalue weighted by Crippen LogP contribution is -2.35. The highest BCUT2D eigenvalue weighted by Gasteiger charge is 2.06. The molecule has 0 bridgehead atoms. The van der Waals surface area contributed by atoms with Gasteiger partial charge in [-0.2, -0.15) is 0 Å². The fourth-order valence-corrected chi connectivity index (χ4v) is 2.81. The summed E-state index contributed by atoms with van der Waals surface area (Å²) in [6.07, 6.45) is 3.06. The largest absolute Gasteiger partial charge is 0.334 e. The number of hydrogen-bond acceptors (Lipinski definition) is 6. The van der Waals surface area contributed by atoms with E-state index >= 15 is 0 Å². The van der Waals surface area contributed by atoms with Crippen molar-refractivity contribution in [3.8, 4) is 0 Å². The number of rotatable bonds is 6. The normalized spacial score (nSPS) is 9.82. The number of nitrogens with zero attached hydrogens (tertiary/aromatic N) is 3. The van der Waals surface area contributed by atoms with Crippen molar-refractivity contribution in [2.75, 3.05) is 0 Å². The average Bonchev–Trinajstić information content (AvgIpc) is 2.87. The molecule has 0 aliphatic rings. The molecule has 9 heteroatoms. The SMILES string of the molecule is O=C(NCc1ccccc1)NCc1nc2ncccc2c(=O)[nH]1.O=C=NCc1ccccc1. The van der Waals surface area contributed by atoms with Gasteiger partial charge in [-0.3, -0.25) is 4.79 Å². The third kappa shape index (κ3) is 7.54. The summed E-state index contributed by atoms with van der Waals surface area (Å²) >= 11 is 0. The van der Waals surface area contributed by atoms with Crippen molar-refractivity contribution >= 4 is 23.1 Å². The Kier molecular flexibility index (Phi) is 8.58. The first-order valence-corrected chi connectivity index (χ1v) is 10.1. The Hall–Kier alpha value is -4.62. The third-order valence-electron chi connectivity index (χ3n) is 4.41. The fourth-order valence-electron chi connectivity index (χ4n) is 2.81. The molecule has 2 aromatic carbocycles. The van der Waals surface area contributed by atoms with Crippen molar-refractivity contribution in [2.24, 2.45) is 4.99 Å². The minimum Gasteiger partial charge on any atom is -0.334 e. The van der Waals surface area contributed by atoms with Gasteiger partial charge in [0, 0.05) is 12.7 Å². The van der Waals surface area contributed by atoms with Crippen LogP contribution in [0, 0.1) is 0 Å². The van der Waals surface area contributed by atoms with Crippen LogP contribution in [0.25, 0.3) is 11.0 Å². The van der Waals surface area contributed by atoms with E-state index in [0.29, 0.717) is 29.9 Å². The average molecular weight is 442 g/mol. The van der Waals surface area contributed by atoms with E-state index in [2.05, 4.69) is 30.6 Å². The Morgan fingerprint density at radius 1 is 0.909 bits per heavy atom. The Morgan fingerprint density at radius 3 is 2.27 bits per heavy atom. The Balaban J connectivity index is 0.000000257. The summed E-state index contributed by atoms with van der Waals surface area (Å²) in [5.74, 6) is 0.357. The fraction of sp³-hybridized carbons (Fsp3) is 0.125. The maximum atomic E-state index is 11.9. The number of hydrogen-bond donors (Lipinski definition) is 3. The molecule has 9 nitrogen and oxygen atoms in total. The van der Waals surface area contributed by atoms with Crippen LogP contribution < -0.4 is 16.2 Å². The van der Waals surface area contributed by atoms with Crippen molar-refractivity contribution < 1.29 is 9.59 Å². The minimum atomic E-state index is -0.336. The molecule has 4 aromatic rings. The number of carbonyl (C=O) groups is 1. The number of aromatic nitrogens is 3. The molecule has 2 heterocycles. The van der Waals surface area contributed by atoms with E-state index in [1.54, 1.807) is 18.3 Å². The van der Waals surface area contributed by atoms with E-state index in [1.165, 1.54) is 6.08 Å². The predicted molar refractivity (Wildman–Crippen MR) is 124 cm³/mol. The molecule has 33 heavy (non-hydrogen) atoms. The topological polar surface area (TPSA) is 129 Å². The zero-order valence-electron chi connectivity index (χ0n) is 17.7. The number of benzene rings is 2. The number of aliphatic imine (C=N–C) groups is 1. The minimum absolute atomic E-state index is 0.113. The van der Waals surface area contributed by atoms with Gasteiger partial charge in [-0.25, -0.2) is 24.5 Å². The van der Waals surface area contributed by atoms with E-state index in [-0.39, 0.29) is 18.1 Å². The van der Waals surface area contributed by atoms with E-state index < -0.39 is 0 Å².